The molecule has 25 heavy (non-hydrogen) atoms. The van der Waals surface area contributed by atoms with E-state index >= 15 is 0 Å². The molecule has 2 aromatic carbocycles. The number of hydrogen-bond acceptors (Lipinski definition) is 5. The highest BCUT2D eigenvalue weighted by molar-refractivity contribution is 7.91. The molecule has 0 unspecified atom stereocenters. The van der Waals surface area contributed by atoms with E-state index in [0.717, 1.165) is 18.4 Å². The molecule has 0 bridgehead atoms. The molecule has 2 atom stereocenters. The quantitative estimate of drug-likeness (QED) is 0.825. The van der Waals surface area contributed by atoms with Crippen LogP contribution in [0, 0.1) is 0 Å². The molecule has 5 nitrogen and oxygen atoms in total. The van der Waals surface area contributed by atoms with Crippen LogP contribution in [0.5, 0.6) is 5.75 Å². The first-order chi connectivity index (χ1) is 12.0. The van der Waals surface area contributed by atoms with Crippen LogP contribution in [0.25, 0.3) is 0 Å². The van der Waals surface area contributed by atoms with E-state index in [2.05, 4.69) is 5.32 Å². The molecule has 1 aliphatic heterocycles. The molecule has 0 spiro atoms. The van der Waals surface area contributed by atoms with Gasteiger partial charge in [-0.15, -0.1) is 0 Å². The van der Waals surface area contributed by atoms with Crippen molar-refractivity contribution in [3.63, 3.8) is 0 Å². The lowest BCUT2D eigenvalue weighted by atomic mass is 10.0. The van der Waals surface area contributed by atoms with Crippen LogP contribution >= 0.6 is 0 Å². The molecular formula is C19H23NO4S. The molecule has 0 saturated heterocycles. The summed E-state index contributed by atoms with van der Waals surface area (Å²) in [6.45, 7) is 2.86. The van der Waals surface area contributed by atoms with E-state index in [0.29, 0.717) is 18.8 Å². The average Bonchev–Trinajstić information content (AvgIpc) is 2.61. The molecule has 3 rings (SSSR count). The third-order valence-corrected chi connectivity index (χ3v) is 6.01. The number of sulfone groups is 1. The summed E-state index contributed by atoms with van der Waals surface area (Å²) in [6.07, 6.45) is 1.28. The zero-order valence-corrected chi connectivity index (χ0v) is 15.0. The van der Waals surface area contributed by atoms with E-state index in [-0.39, 0.29) is 15.9 Å². The second kappa shape index (κ2) is 7.56. The van der Waals surface area contributed by atoms with Crippen molar-refractivity contribution in [3.05, 3.63) is 54.1 Å². The first-order valence-electron chi connectivity index (χ1n) is 8.45. The first-order valence-corrected chi connectivity index (χ1v) is 9.93. The number of ether oxygens (including phenoxy) is 1. The summed E-state index contributed by atoms with van der Waals surface area (Å²) in [4.78, 5) is 0.524. The summed E-state index contributed by atoms with van der Waals surface area (Å²) < 4.78 is 31.5. The van der Waals surface area contributed by atoms with Crippen LogP contribution in [-0.4, -0.2) is 38.8 Å². The molecule has 6 heteroatoms. The Kier molecular flexibility index (Phi) is 5.42. The summed E-state index contributed by atoms with van der Waals surface area (Å²) in [5.74, 6) is 0.632. The van der Waals surface area contributed by atoms with Crippen molar-refractivity contribution in [1.82, 2.24) is 5.32 Å². The van der Waals surface area contributed by atoms with Crippen molar-refractivity contribution in [2.45, 2.75) is 41.8 Å². The lowest BCUT2D eigenvalue weighted by Gasteiger charge is -2.27. The number of hydrogen-bond donors (Lipinski definition) is 2. The zero-order chi connectivity index (χ0) is 17.9. The predicted octanol–water partition coefficient (Wildman–Crippen LogP) is 2.18. The molecule has 2 N–H and O–H groups in total. The molecule has 1 aliphatic rings. The van der Waals surface area contributed by atoms with Gasteiger partial charge in [-0.05, 0) is 49.6 Å². The molecule has 0 saturated carbocycles. The smallest absolute Gasteiger partial charge is 0.206 e. The van der Waals surface area contributed by atoms with Crippen molar-refractivity contribution in [3.8, 4) is 5.75 Å². The highest BCUT2D eigenvalue weighted by Crippen LogP contribution is 2.32. The maximum atomic E-state index is 12.8. The van der Waals surface area contributed by atoms with Gasteiger partial charge in [0.1, 0.15) is 11.9 Å². The van der Waals surface area contributed by atoms with Crippen LogP contribution in [0.1, 0.15) is 18.9 Å². The summed E-state index contributed by atoms with van der Waals surface area (Å²) >= 11 is 0. The molecular weight excluding hydrogens is 338 g/mol. The molecule has 0 fully saturated rings. The van der Waals surface area contributed by atoms with Crippen molar-refractivity contribution < 1.29 is 18.3 Å². The predicted molar refractivity (Wildman–Crippen MR) is 95.6 cm³/mol. The summed E-state index contributed by atoms with van der Waals surface area (Å²) in [5.41, 5.74) is 1.03. The molecule has 0 radical (unpaired) electrons. The number of rotatable bonds is 6. The number of aliphatic hydroxyl groups excluding tert-OH is 1. The minimum atomic E-state index is -3.55. The van der Waals surface area contributed by atoms with Crippen molar-refractivity contribution >= 4 is 9.84 Å². The normalized spacial score (nSPS) is 18.2. The van der Waals surface area contributed by atoms with Crippen LogP contribution in [0.4, 0.5) is 0 Å². The Morgan fingerprint density at radius 1 is 1.20 bits per heavy atom. The number of aryl methyl sites for hydroxylation is 1. The maximum Gasteiger partial charge on any atom is 0.206 e. The summed E-state index contributed by atoms with van der Waals surface area (Å²) in [6, 6.07) is 13.5. The van der Waals surface area contributed by atoms with Crippen molar-refractivity contribution in [2.75, 3.05) is 13.1 Å². The van der Waals surface area contributed by atoms with Crippen molar-refractivity contribution in [1.29, 1.82) is 0 Å². The van der Waals surface area contributed by atoms with Gasteiger partial charge in [-0.2, -0.15) is 0 Å². The van der Waals surface area contributed by atoms with Gasteiger partial charge >= 0.3 is 0 Å². The van der Waals surface area contributed by atoms with Crippen molar-refractivity contribution in [2.24, 2.45) is 0 Å². The van der Waals surface area contributed by atoms with Gasteiger partial charge in [-0.3, -0.25) is 0 Å². The minimum absolute atomic E-state index is 0.0269. The maximum absolute atomic E-state index is 12.8. The van der Waals surface area contributed by atoms with E-state index in [4.69, 9.17) is 4.74 Å². The molecule has 0 amide bonds. The molecule has 2 aromatic rings. The monoisotopic (exact) mass is 361 g/mol. The number of fused-ring (bicyclic) bond motifs is 1. The first kappa shape index (κ1) is 17.9. The second-order valence-corrected chi connectivity index (χ2v) is 8.32. The Labute approximate surface area is 148 Å². The van der Waals surface area contributed by atoms with Crippen LogP contribution in [-0.2, 0) is 16.3 Å². The third kappa shape index (κ3) is 4.21. The summed E-state index contributed by atoms with van der Waals surface area (Å²) in [7, 11) is -3.55. The van der Waals surface area contributed by atoms with E-state index < -0.39 is 15.9 Å². The Morgan fingerprint density at radius 3 is 2.68 bits per heavy atom. The van der Waals surface area contributed by atoms with Gasteiger partial charge in [-0.25, -0.2) is 8.42 Å². The summed E-state index contributed by atoms with van der Waals surface area (Å²) in [5, 5.41) is 12.5. The van der Waals surface area contributed by atoms with Crippen LogP contribution < -0.4 is 10.1 Å². The Morgan fingerprint density at radius 2 is 1.96 bits per heavy atom. The van der Waals surface area contributed by atoms with Gasteiger partial charge in [0, 0.05) is 13.1 Å². The number of benzene rings is 2. The van der Waals surface area contributed by atoms with Gasteiger partial charge in [0.15, 0.2) is 0 Å². The molecule has 0 aromatic heterocycles. The molecule has 1 heterocycles. The molecule has 134 valence electrons. The molecule has 0 aliphatic carbocycles. The zero-order valence-electron chi connectivity index (χ0n) is 14.2. The van der Waals surface area contributed by atoms with Gasteiger partial charge in [-0.1, -0.05) is 24.3 Å². The number of aliphatic hydroxyl groups is 1. The Bertz CT molecular complexity index is 819. The van der Waals surface area contributed by atoms with Gasteiger partial charge < -0.3 is 15.2 Å². The topological polar surface area (TPSA) is 75.6 Å². The fourth-order valence-electron chi connectivity index (χ4n) is 2.91. The van der Waals surface area contributed by atoms with Crippen LogP contribution in [0.15, 0.2) is 58.3 Å². The van der Waals surface area contributed by atoms with Crippen LogP contribution in [0.2, 0.25) is 0 Å². The highest BCUT2D eigenvalue weighted by Gasteiger charge is 2.23. The van der Waals surface area contributed by atoms with E-state index in [1.165, 1.54) is 0 Å². The third-order valence-electron chi connectivity index (χ3n) is 4.24. The van der Waals surface area contributed by atoms with E-state index in [1.807, 2.05) is 6.07 Å². The standard InChI is InChI=1S/C19H23NO4S/c1-14(21)12-20-13-16-9-7-15-8-10-18(11-19(15)24-16)25(22,23)17-5-3-2-4-6-17/h2-6,8,10-11,14,16,20-21H,7,9,12-13H2,1H3/t14-,16+/m0/s1. The highest BCUT2D eigenvalue weighted by atomic mass is 32.2. The van der Waals surface area contributed by atoms with Crippen LogP contribution in [0.3, 0.4) is 0 Å². The fraction of sp³-hybridized carbons (Fsp3) is 0.368. The Hall–Kier alpha value is -1.89. The average molecular weight is 361 g/mol. The van der Waals surface area contributed by atoms with Gasteiger partial charge in [0.2, 0.25) is 9.84 Å². The van der Waals surface area contributed by atoms with E-state index in [9.17, 15) is 13.5 Å². The van der Waals surface area contributed by atoms with E-state index in [1.54, 1.807) is 49.4 Å². The SMILES string of the molecule is C[C@H](O)CNC[C@H]1CCc2ccc(S(=O)(=O)c3ccccc3)cc2O1. The minimum Gasteiger partial charge on any atom is -0.489 e. The second-order valence-electron chi connectivity index (χ2n) is 6.37. The van der Waals surface area contributed by atoms with Gasteiger partial charge in [0.25, 0.3) is 0 Å². The largest absolute Gasteiger partial charge is 0.489 e. The Balaban J connectivity index is 1.78. The lowest BCUT2D eigenvalue weighted by Crippen LogP contribution is -2.37. The fourth-order valence-corrected chi connectivity index (χ4v) is 4.20. The van der Waals surface area contributed by atoms with Gasteiger partial charge in [0.05, 0.1) is 15.9 Å². The number of nitrogens with one attached hydrogen (secondary N) is 1. The lowest BCUT2D eigenvalue weighted by molar-refractivity contribution is 0.153.